The van der Waals surface area contributed by atoms with E-state index < -0.39 is 0 Å². The monoisotopic (exact) mass is 424 g/mol. The normalized spacial score (nSPS) is 15.6. The van der Waals surface area contributed by atoms with Crippen molar-refractivity contribution in [2.75, 3.05) is 27.5 Å². The van der Waals surface area contributed by atoms with Gasteiger partial charge in [0.25, 0.3) is 0 Å². The number of hydrogen-bond donors (Lipinski definition) is 0. The van der Waals surface area contributed by atoms with Crippen LogP contribution in [-0.4, -0.2) is 25.2 Å². The molecule has 0 unspecified atom stereocenters. The van der Waals surface area contributed by atoms with Crippen molar-refractivity contribution >= 4 is 30.0 Å². The minimum absolute atomic E-state index is 0.0900. The lowest BCUT2D eigenvalue weighted by Gasteiger charge is -2.44. The molecule has 0 amide bonds. The summed E-state index contributed by atoms with van der Waals surface area (Å²) in [5.41, 5.74) is 8.05. The van der Waals surface area contributed by atoms with E-state index in [1.165, 1.54) is 33.8 Å². The molecule has 1 aromatic heterocycles. The average Bonchev–Trinajstić information content (AvgIpc) is 3.14. The van der Waals surface area contributed by atoms with Gasteiger partial charge in [-0.25, -0.2) is 4.98 Å². The van der Waals surface area contributed by atoms with Gasteiger partial charge in [0.05, 0.1) is 5.69 Å². The molecule has 0 spiro atoms. The summed E-state index contributed by atoms with van der Waals surface area (Å²) in [4.78, 5) is 12.6. The molecule has 3 aromatic rings. The molecule has 0 N–H and O–H groups in total. The Bertz CT molecular complexity index is 1090. The van der Waals surface area contributed by atoms with Crippen molar-refractivity contribution in [2.24, 2.45) is 0 Å². The van der Waals surface area contributed by atoms with E-state index in [0.717, 1.165) is 25.3 Å². The van der Waals surface area contributed by atoms with Gasteiger partial charge in [0, 0.05) is 30.7 Å². The Morgan fingerprint density at radius 2 is 1.41 bits per heavy atom. The van der Waals surface area contributed by atoms with E-state index in [-0.39, 0.29) is 7.12 Å². The summed E-state index contributed by atoms with van der Waals surface area (Å²) in [6.45, 7) is 13.6. The number of benzene rings is 2. The van der Waals surface area contributed by atoms with Crippen LogP contribution in [0.4, 0.5) is 22.9 Å². The first-order chi connectivity index (χ1) is 15.5. The van der Waals surface area contributed by atoms with Crippen LogP contribution in [0.1, 0.15) is 62.6 Å². The quantitative estimate of drug-likeness (QED) is 0.447. The zero-order valence-electron chi connectivity index (χ0n) is 19.9. The number of fused-ring (bicyclic) bond motifs is 3. The van der Waals surface area contributed by atoms with Gasteiger partial charge in [0.2, 0.25) is 0 Å². The summed E-state index contributed by atoms with van der Waals surface area (Å²) in [7, 11) is 0.0900. The molecule has 3 heterocycles. The number of anilines is 4. The van der Waals surface area contributed by atoms with E-state index in [0.29, 0.717) is 11.8 Å². The van der Waals surface area contributed by atoms with Gasteiger partial charge in [-0.1, -0.05) is 64.1 Å². The molecule has 0 atom stereocenters. The van der Waals surface area contributed by atoms with Gasteiger partial charge < -0.3 is 14.4 Å². The number of nitrogens with zero attached hydrogens (tertiary/aromatic N) is 4. The number of pyridine rings is 1. The number of aryl methyl sites for hydroxylation is 1. The van der Waals surface area contributed by atoms with Crippen LogP contribution >= 0.6 is 0 Å². The molecule has 164 valence electrons. The van der Waals surface area contributed by atoms with Crippen LogP contribution in [0.25, 0.3) is 0 Å². The van der Waals surface area contributed by atoms with Crippen LogP contribution in [0.3, 0.4) is 0 Å². The van der Waals surface area contributed by atoms with Crippen LogP contribution in [-0.2, 0) is 0 Å². The van der Waals surface area contributed by atoms with Crippen LogP contribution < -0.4 is 14.4 Å². The Hall–Kier alpha value is -2.95. The van der Waals surface area contributed by atoms with Crippen LogP contribution in [0.15, 0.2) is 60.8 Å². The van der Waals surface area contributed by atoms with Crippen molar-refractivity contribution in [3.8, 4) is 0 Å². The summed E-state index contributed by atoms with van der Waals surface area (Å²) >= 11 is 0. The third-order valence-corrected chi connectivity index (χ3v) is 6.87. The first-order valence-electron chi connectivity index (χ1n) is 11.9. The number of rotatable bonds is 4. The minimum Gasteiger partial charge on any atom is -0.375 e. The molecule has 0 aliphatic carbocycles. The van der Waals surface area contributed by atoms with Crippen LogP contribution in [0.5, 0.6) is 0 Å². The smallest absolute Gasteiger partial charge is 0.375 e. The molecule has 2 aromatic carbocycles. The van der Waals surface area contributed by atoms with Gasteiger partial charge in [-0.15, -0.1) is 0 Å². The third-order valence-electron chi connectivity index (χ3n) is 6.87. The van der Waals surface area contributed by atoms with E-state index in [4.69, 9.17) is 4.98 Å². The fourth-order valence-corrected chi connectivity index (χ4v) is 5.41. The van der Waals surface area contributed by atoms with Crippen molar-refractivity contribution in [1.82, 2.24) is 4.98 Å². The highest BCUT2D eigenvalue weighted by molar-refractivity contribution is 6.75. The van der Waals surface area contributed by atoms with Crippen LogP contribution in [0.2, 0.25) is 0 Å². The molecule has 0 radical (unpaired) electrons. The highest BCUT2D eigenvalue weighted by Crippen LogP contribution is 2.47. The number of hydrogen-bond acceptors (Lipinski definition) is 4. The zero-order chi connectivity index (χ0) is 22.4. The maximum absolute atomic E-state index is 4.90. The molecule has 5 heteroatoms. The van der Waals surface area contributed by atoms with Gasteiger partial charge in [-0.3, -0.25) is 0 Å². The van der Waals surface area contributed by atoms with Crippen LogP contribution in [0, 0.1) is 6.92 Å². The molecule has 0 bridgehead atoms. The van der Waals surface area contributed by atoms with Crippen molar-refractivity contribution < 1.29 is 0 Å². The van der Waals surface area contributed by atoms with Crippen molar-refractivity contribution in [3.63, 3.8) is 0 Å². The van der Waals surface area contributed by atoms with Crippen molar-refractivity contribution in [1.29, 1.82) is 0 Å². The van der Waals surface area contributed by atoms with Gasteiger partial charge in [0.1, 0.15) is 5.82 Å². The summed E-state index contributed by atoms with van der Waals surface area (Å²) < 4.78 is 0. The maximum Gasteiger partial charge on any atom is 0.510 e. The van der Waals surface area contributed by atoms with Gasteiger partial charge in [-0.05, 0) is 60.1 Å². The molecule has 0 saturated carbocycles. The second kappa shape index (κ2) is 8.20. The van der Waals surface area contributed by atoms with E-state index in [9.17, 15) is 0 Å². The lowest BCUT2D eigenvalue weighted by Crippen LogP contribution is -2.63. The topological polar surface area (TPSA) is 22.6 Å². The molecule has 2 aliphatic heterocycles. The predicted octanol–water partition coefficient (Wildman–Crippen LogP) is 6.49. The lowest BCUT2D eigenvalue weighted by molar-refractivity contribution is 0.757. The Balaban J connectivity index is 1.73. The summed E-state index contributed by atoms with van der Waals surface area (Å²) in [5.74, 6) is 2.00. The Kier molecular flexibility index (Phi) is 5.36. The van der Waals surface area contributed by atoms with Crippen molar-refractivity contribution in [3.05, 3.63) is 77.5 Å². The molecular formula is C27H33BN4. The highest BCUT2D eigenvalue weighted by atomic mass is 15.4. The van der Waals surface area contributed by atoms with E-state index in [1.54, 1.807) is 0 Å². The molecule has 2 aliphatic rings. The van der Waals surface area contributed by atoms with E-state index in [1.807, 2.05) is 6.20 Å². The summed E-state index contributed by atoms with van der Waals surface area (Å²) in [6, 6.07) is 19.8. The van der Waals surface area contributed by atoms with E-state index >= 15 is 0 Å². The van der Waals surface area contributed by atoms with Crippen molar-refractivity contribution in [2.45, 2.75) is 52.9 Å². The largest absolute Gasteiger partial charge is 0.510 e. The fourth-order valence-electron chi connectivity index (χ4n) is 5.41. The molecular weight excluding hydrogens is 391 g/mol. The molecule has 4 nitrogen and oxygen atoms in total. The lowest BCUT2D eigenvalue weighted by atomic mass is 9.78. The molecule has 32 heavy (non-hydrogen) atoms. The molecule has 1 fully saturated rings. The maximum atomic E-state index is 4.90. The predicted molar refractivity (Wildman–Crippen MR) is 137 cm³/mol. The Morgan fingerprint density at radius 3 is 2.03 bits per heavy atom. The number of para-hydroxylation sites is 2. The SMILES string of the molecule is Cc1ccnc2c1N1CCCN(c3c(C(C)C)cccc3C(C)C)B1N2c1ccccc1. The Morgan fingerprint density at radius 1 is 0.781 bits per heavy atom. The average molecular weight is 424 g/mol. The zero-order valence-corrected chi connectivity index (χ0v) is 19.9. The Labute approximate surface area is 193 Å². The number of aromatic nitrogens is 1. The first-order valence-corrected chi connectivity index (χ1v) is 11.9. The van der Waals surface area contributed by atoms with Gasteiger partial charge in [0.15, 0.2) is 0 Å². The standard InChI is InChI=1S/C27H33BN4/c1-19(2)23-13-9-14-24(20(3)4)26(23)31-18-10-17-30-25-21(5)15-16-29-27(25)32(28(30)31)22-11-7-6-8-12-22/h6-9,11-16,19-20H,10,17-18H2,1-5H3. The molecule has 1 saturated heterocycles. The van der Waals surface area contributed by atoms with Gasteiger partial charge in [-0.2, -0.15) is 0 Å². The summed E-state index contributed by atoms with van der Waals surface area (Å²) in [5, 5.41) is 0. The molecule has 5 rings (SSSR count). The first kappa shape index (κ1) is 20.9. The summed E-state index contributed by atoms with van der Waals surface area (Å²) in [6.07, 6.45) is 3.09. The highest BCUT2D eigenvalue weighted by Gasteiger charge is 2.50. The van der Waals surface area contributed by atoms with Gasteiger partial charge >= 0.3 is 7.12 Å². The third kappa shape index (κ3) is 3.26. The second-order valence-electron chi connectivity index (χ2n) is 9.69. The fraction of sp³-hybridized carbons (Fsp3) is 0.370. The van der Waals surface area contributed by atoms with E-state index in [2.05, 4.69) is 104 Å². The minimum atomic E-state index is 0.0900. The second-order valence-corrected chi connectivity index (χ2v) is 9.69.